The summed E-state index contributed by atoms with van der Waals surface area (Å²) in [6.45, 7) is 24.5. The molecule has 258 valence electrons. The highest BCUT2D eigenvalue weighted by atomic mass is 15.0. The number of rotatable bonds is 4. The first-order valence-electron chi connectivity index (χ1n) is 18.1. The van der Waals surface area contributed by atoms with E-state index in [1.807, 2.05) is 6.20 Å². The third-order valence-corrected chi connectivity index (χ3v) is 11.7. The van der Waals surface area contributed by atoms with Crippen molar-refractivity contribution in [3.63, 3.8) is 0 Å². The van der Waals surface area contributed by atoms with Gasteiger partial charge < -0.3 is 4.57 Å². The van der Waals surface area contributed by atoms with Gasteiger partial charge in [-0.3, -0.25) is 0 Å². The first kappa shape index (κ1) is 33.5. The molecule has 0 atom stereocenters. The van der Waals surface area contributed by atoms with Crippen LogP contribution in [-0.4, -0.2) is 24.5 Å². The van der Waals surface area contributed by atoms with Crippen LogP contribution in [-0.2, 0) is 0 Å². The second kappa shape index (κ2) is 12.2. The summed E-state index contributed by atoms with van der Waals surface area (Å²) >= 11 is 0. The maximum Gasteiger partial charge on any atom is 0.198 e. The molecule has 5 aromatic carbocycles. The Morgan fingerprint density at radius 2 is 0.885 bits per heavy atom. The predicted molar refractivity (Wildman–Crippen MR) is 218 cm³/mol. The predicted octanol–water partition coefficient (Wildman–Crippen LogP) is 11.9. The van der Waals surface area contributed by atoms with Crippen LogP contribution in [0.15, 0.2) is 73.2 Å². The second-order valence-corrected chi connectivity index (χ2v) is 14.9. The summed E-state index contributed by atoms with van der Waals surface area (Å²) in [5, 5.41) is 2.49. The van der Waals surface area contributed by atoms with Gasteiger partial charge in [-0.15, -0.1) is 0 Å². The summed E-state index contributed by atoms with van der Waals surface area (Å²) in [7, 11) is 0. The van der Waals surface area contributed by atoms with Crippen LogP contribution < -0.4 is 0 Å². The van der Waals surface area contributed by atoms with E-state index < -0.39 is 0 Å². The van der Waals surface area contributed by atoms with Crippen LogP contribution in [0.2, 0.25) is 0 Å². The molecule has 0 N–H and O–H groups in total. The van der Waals surface area contributed by atoms with E-state index in [0.717, 1.165) is 22.4 Å². The average Bonchev–Trinajstić information content (AvgIpc) is 3.42. The first-order valence-corrected chi connectivity index (χ1v) is 18.1. The van der Waals surface area contributed by atoms with Gasteiger partial charge in [0.05, 0.1) is 28.6 Å². The van der Waals surface area contributed by atoms with Crippen LogP contribution in [0.4, 0.5) is 0 Å². The number of hydrogen-bond acceptors (Lipinski definition) is 4. The quantitative estimate of drug-likeness (QED) is 0.186. The highest BCUT2D eigenvalue weighted by Crippen LogP contribution is 2.43. The fourth-order valence-electron chi connectivity index (χ4n) is 8.67. The number of fused-ring (bicyclic) bond motifs is 4. The minimum atomic E-state index is 0.548. The van der Waals surface area contributed by atoms with Crippen molar-refractivity contribution in [3.05, 3.63) is 134 Å². The Kier molecular flexibility index (Phi) is 7.87. The van der Waals surface area contributed by atoms with E-state index in [1.165, 1.54) is 99.8 Å². The topological polar surface area (TPSA) is 56.5 Å². The lowest BCUT2D eigenvalue weighted by molar-refractivity contribution is 1.10. The van der Waals surface area contributed by atoms with E-state index in [9.17, 15) is 0 Å². The number of aromatic nitrogens is 5. The van der Waals surface area contributed by atoms with Crippen LogP contribution in [0, 0.1) is 76.2 Å². The van der Waals surface area contributed by atoms with Crippen LogP contribution >= 0.6 is 0 Å². The molecule has 0 aliphatic carbocycles. The van der Waals surface area contributed by atoms with Crippen LogP contribution in [0.3, 0.4) is 0 Å². The summed E-state index contributed by atoms with van der Waals surface area (Å²) in [6.07, 6.45) is 5.16. The Labute approximate surface area is 306 Å². The van der Waals surface area contributed by atoms with Gasteiger partial charge in [0.2, 0.25) is 0 Å². The van der Waals surface area contributed by atoms with Gasteiger partial charge in [0.25, 0.3) is 0 Å². The fourth-order valence-corrected chi connectivity index (χ4v) is 8.67. The van der Waals surface area contributed by atoms with Crippen molar-refractivity contribution in [2.75, 3.05) is 0 Å². The molecule has 8 aromatic rings. The molecule has 0 unspecified atom stereocenters. The molecular formula is C47H45N5. The van der Waals surface area contributed by atoms with Crippen molar-refractivity contribution >= 4 is 33.1 Å². The maximum atomic E-state index is 4.95. The molecule has 5 nitrogen and oxygen atoms in total. The molecule has 0 aliphatic heterocycles. The zero-order valence-electron chi connectivity index (χ0n) is 32.2. The molecule has 0 saturated heterocycles. The zero-order chi connectivity index (χ0) is 36.7. The number of aryl methyl sites for hydroxylation is 6. The van der Waals surface area contributed by atoms with Crippen LogP contribution in [0.5, 0.6) is 0 Å². The van der Waals surface area contributed by atoms with Gasteiger partial charge in [-0.2, -0.15) is 0 Å². The minimum absolute atomic E-state index is 0.548. The van der Waals surface area contributed by atoms with Crippen LogP contribution in [0.1, 0.15) is 61.2 Å². The molecule has 0 aliphatic rings. The van der Waals surface area contributed by atoms with Gasteiger partial charge >= 0.3 is 0 Å². The SMILES string of the molecule is Cc1cc(C)c(C)c(-c2ccc3c(c2)c2cc(-c4c(C)c(C)cc(C)c4C)ccc2n3-c2c(C)cc(C)c(-c3cnc4nccnc4n3)c2C)c1C. The van der Waals surface area contributed by atoms with E-state index in [1.54, 1.807) is 12.4 Å². The Balaban J connectivity index is 1.46. The minimum Gasteiger partial charge on any atom is -0.309 e. The van der Waals surface area contributed by atoms with Crippen molar-refractivity contribution < 1.29 is 0 Å². The van der Waals surface area contributed by atoms with E-state index in [0.29, 0.717) is 11.3 Å². The first-order chi connectivity index (χ1) is 24.8. The van der Waals surface area contributed by atoms with Crippen molar-refractivity contribution in [3.8, 4) is 39.2 Å². The average molecular weight is 680 g/mol. The molecule has 52 heavy (non-hydrogen) atoms. The lowest BCUT2D eigenvalue weighted by Crippen LogP contribution is -2.05. The third kappa shape index (κ3) is 5.05. The van der Waals surface area contributed by atoms with Crippen molar-refractivity contribution in [2.45, 2.75) is 76.2 Å². The summed E-state index contributed by atoms with van der Waals surface area (Å²) in [4.78, 5) is 18.4. The largest absolute Gasteiger partial charge is 0.309 e. The van der Waals surface area contributed by atoms with Crippen LogP contribution in [0.25, 0.3) is 72.3 Å². The lowest BCUT2D eigenvalue weighted by Gasteiger charge is -2.20. The van der Waals surface area contributed by atoms with E-state index in [4.69, 9.17) is 4.98 Å². The van der Waals surface area contributed by atoms with Gasteiger partial charge in [0.15, 0.2) is 11.3 Å². The zero-order valence-corrected chi connectivity index (χ0v) is 32.2. The van der Waals surface area contributed by atoms with Gasteiger partial charge in [0.1, 0.15) is 0 Å². The van der Waals surface area contributed by atoms with E-state index >= 15 is 0 Å². The number of hydrogen-bond donors (Lipinski definition) is 0. The van der Waals surface area contributed by atoms with Crippen molar-refractivity contribution in [1.29, 1.82) is 0 Å². The van der Waals surface area contributed by atoms with Gasteiger partial charge in [-0.25, -0.2) is 19.9 Å². The lowest BCUT2D eigenvalue weighted by atomic mass is 9.88. The second-order valence-electron chi connectivity index (χ2n) is 14.9. The van der Waals surface area contributed by atoms with Crippen molar-refractivity contribution in [1.82, 2.24) is 24.5 Å². The molecule has 0 saturated carbocycles. The van der Waals surface area contributed by atoms with Gasteiger partial charge in [0, 0.05) is 28.7 Å². The molecule has 0 bridgehead atoms. The third-order valence-electron chi connectivity index (χ3n) is 11.7. The van der Waals surface area contributed by atoms with E-state index in [-0.39, 0.29) is 0 Å². The summed E-state index contributed by atoms with van der Waals surface area (Å²) in [6, 6.07) is 21.1. The highest BCUT2D eigenvalue weighted by Gasteiger charge is 2.23. The van der Waals surface area contributed by atoms with E-state index in [2.05, 4.69) is 150 Å². The molecule has 0 radical (unpaired) electrons. The Morgan fingerprint density at radius 3 is 1.38 bits per heavy atom. The Hall–Kier alpha value is -5.68. The normalized spacial score (nSPS) is 11.8. The molecule has 0 fully saturated rings. The smallest absolute Gasteiger partial charge is 0.198 e. The molecule has 8 rings (SSSR count). The summed E-state index contributed by atoms with van der Waals surface area (Å²) in [5.41, 5.74) is 25.8. The maximum absolute atomic E-state index is 4.95. The van der Waals surface area contributed by atoms with Gasteiger partial charge in [-0.1, -0.05) is 30.3 Å². The standard InChI is InChI=1S/C47H45N5/c1-24-18-25(2)31(8)43(30(24)7)35-12-14-40-37(21-35)38-22-36(44-32(9)26(3)19-27(4)33(44)10)13-15-41(38)52(40)45-29(6)20-28(5)42(34(45)11)39-23-50-46-47(51-39)49-17-16-48-46/h12-23H,1-11H3. The molecule has 0 amide bonds. The summed E-state index contributed by atoms with van der Waals surface area (Å²) in [5.74, 6) is 0. The van der Waals surface area contributed by atoms with Gasteiger partial charge in [-0.05, 0) is 184 Å². The fraction of sp³-hybridized carbons (Fsp3) is 0.234. The number of nitrogens with zero attached hydrogens (tertiary/aromatic N) is 5. The number of benzene rings is 5. The Bertz CT molecular complexity index is 2630. The summed E-state index contributed by atoms with van der Waals surface area (Å²) < 4.78 is 2.47. The highest BCUT2D eigenvalue weighted by molar-refractivity contribution is 6.12. The molecular weight excluding hydrogens is 635 g/mol. The molecule has 3 aromatic heterocycles. The molecule has 5 heteroatoms. The monoisotopic (exact) mass is 679 g/mol. The molecule has 3 heterocycles. The van der Waals surface area contributed by atoms with Crippen molar-refractivity contribution in [2.24, 2.45) is 0 Å². The Morgan fingerprint density at radius 1 is 0.423 bits per heavy atom. The molecule has 0 spiro atoms.